The van der Waals surface area contributed by atoms with Gasteiger partial charge in [0.05, 0.1) is 17.4 Å². The summed E-state index contributed by atoms with van der Waals surface area (Å²) < 4.78 is 12.9. The van der Waals surface area contributed by atoms with Crippen LogP contribution in [0.5, 0.6) is 0 Å². The van der Waals surface area contributed by atoms with Crippen molar-refractivity contribution in [3.05, 3.63) is 24.0 Å². The summed E-state index contributed by atoms with van der Waals surface area (Å²) in [6.07, 6.45) is 0. The van der Waals surface area contributed by atoms with Crippen molar-refractivity contribution in [1.82, 2.24) is 4.90 Å². The number of carbonyl (C=O) groups is 1. The van der Waals surface area contributed by atoms with Crippen molar-refractivity contribution >= 4 is 17.3 Å². The Balaban J connectivity index is 2.68. The highest BCUT2D eigenvalue weighted by molar-refractivity contribution is 5.97. The second-order valence-electron chi connectivity index (χ2n) is 5.23. The number of benzene rings is 1. The molecule has 1 aromatic carbocycles. The van der Waals surface area contributed by atoms with Crippen LogP contribution in [-0.2, 0) is 4.79 Å². The van der Waals surface area contributed by atoms with Crippen LogP contribution in [0.2, 0.25) is 0 Å². The molecule has 1 unspecified atom stereocenters. The minimum absolute atomic E-state index is 0.151. The number of nitrogens with one attached hydrogen (secondary N) is 1. The Kier molecular flexibility index (Phi) is 5.30. The van der Waals surface area contributed by atoms with Gasteiger partial charge in [-0.15, -0.1) is 0 Å². The average molecular weight is 267 g/mol. The van der Waals surface area contributed by atoms with Crippen LogP contribution in [0.25, 0.3) is 0 Å². The second-order valence-corrected chi connectivity index (χ2v) is 5.23. The van der Waals surface area contributed by atoms with Crippen molar-refractivity contribution in [2.45, 2.75) is 26.8 Å². The fourth-order valence-electron chi connectivity index (χ4n) is 1.82. The number of hydrogen-bond acceptors (Lipinski definition) is 3. The summed E-state index contributed by atoms with van der Waals surface area (Å²) >= 11 is 0. The first-order chi connectivity index (χ1) is 8.81. The van der Waals surface area contributed by atoms with Crippen LogP contribution in [0.4, 0.5) is 15.8 Å². The molecule has 0 aliphatic heterocycles. The van der Waals surface area contributed by atoms with Crippen LogP contribution in [-0.4, -0.2) is 30.4 Å². The average Bonchev–Trinajstić information content (AvgIpc) is 2.30. The van der Waals surface area contributed by atoms with Crippen LogP contribution in [0.3, 0.4) is 0 Å². The van der Waals surface area contributed by atoms with Gasteiger partial charge >= 0.3 is 0 Å². The van der Waals surface area contributed by atoms with E-state index in [1.807, 2.05) is 18.9 Å². The molecule has 1 amide bonds. The number of carbonyl (C=O) groups excluding carboxylic acids is 1. The highest BCUT2D eigenvalue weighted by Gasteiger charge is 2.19. The van der Waals surface area contributed by atoms with Gasteiger partial charge in [0, 0.05) is 6.54 Å². The number of hydrogen-bond donors (Lipinski definition) is 2. The number of nitrogen functional groups attached to an aromatic ring is 1. The standard InChI is InChI=1S/C14H22FN3O/c1-9(2)8-18(4)10(3)14(19)17-13-6-5-11(15)7-12(13)16/h5-7,9-10H,8,16H2,1-4H3,(H,17,19). The Morgan fingerprint density at radius 1 is 1.42 bits per heavy atom. The van der Waals surface area contributed by atoms with E-state index in [0.29, 0.717) is 11.6 Å². The van der Waals surface area contributed by atoms with Crippen LogP contribution >= 0.6 is 0 Å². The minimum Gasteiger partial charge on any atom is -0.397 e. The molecule has 1 aromatic rings. The van der Waals surface area contributed by atoms with Gasteiger partial charge in [0.25, 0.3) is 0 Å². The van der Waals surface area contributed by atoms with Crippen LogP contribution < -0.4 is 11.1 Å². The van der Waals surface area contributed by atoms with Crippen molar-refractivity contribution in [3.63, 3.8) is 0 Å². The second kappa shape index (κ2) is 6.52. The molecule has 0 heterocycles. The molecule has 0 bridgehead atoms. The summed E-state index contributed by atoms with van der Waals surface area (Å²) in [7, 11) is 1.90. The van der Waals surface area contributed by atoms with Gasteiger partial charge < -0.3 is 11.1 Å². The summed E-state index contributed by atoms with van der Waals surface area (Å²) in [6, 6.07) is 3.66. The number of anilines is 2. The lowest BCUT2D eigenvalue weighted by atomic mass is 10.1. The summed E-state index contributed by atoms with van der Waals surface area (Å²) in [5.74, 6) is -0.0851. The predicted molar refractivity (Wildman–Crippen MR) is 76.4 cm³/mol. The Morgan fingerprint density at radius 2 is 2.05 bits per heavy atom. The highest BCUT2D eigenvalue weighted by Crippen LogP contribution is 2.19. The lowest BCUT2D eigenvalue weighted by Crippen LogP contribution is -2.41. The van der Waals surface area contributed by atoms with Crippen LogP contribution in [0.15, 0.2) is 18.2 Å². The minimum atomic E-state index is -0.416. The molecule has 1 atom stereocenters. The summed E-state index contributed by atoms with van der Waals surface area (Å²) in [5, 5.41) is 2.72. The quantitative estimate of drug-likeness (QED) is 0.805. The Hall–Kier alpha value is -1.62. The molecule has 0 saturated heterocycles. The van der Waals surface area contributed by atoms with E-state index in [-0.39, 0.29) is 17.6 Å². The number of nitrogens with zero attached hydrogens (tertiary/aromatic N) is 1. The van der Waals surface area contributed by atoms with E-state index < -0.39 is 5.82 Å². The van der Waals surface area contributed by atoms with Gasteiger partial charge in [-0.25, -0.2) is 4.39 Å². The molecule has 0 saturated carbocycles. The lowest BCUT2D eigenvalue weighted by Gasteiger charge is -2.25. The first-order valence-electron chi connectivity index (χ1n) is 6.37. The van der Waals surface area contributed by atoms with Crippen LogP contribution in [0.1, 0.15) is 20.8 Å². The van der Waals surface area contributed by atoms with Crippen molar-refractivity contribution in [1.29, 1.82) is 0 Å². The third-order valence-corrected chi connectivity index (χ3v) is 2.97. The summed E-state index contributed by atoms with van der Waals surface area (Å²) in [5.41, 5.74) is 6.33. The summed E-state index contributed by atoms with van der Waals surface area (Å²) in [4.78, 5) is 14.0. The topological polar surface area (TPSA) is 58.4 Å². The Bertz CT molecular complexity index is 448. The smallest absolute Gasteiger partial charge is 0.241 e. The molecular formula is C14H22FN3O. The summed E-state index contributed by atoms with van der Waals surface area (Å²) in [6.45, 7) is 6.85. The zero-order valence-corrected chi connectivity index (χ0v) is 11.9. The maximum Gasteiger partial charge on any atom is 0.241 e. The zero-order chi connectivity index (χ0) is 14.6. The predicted octanol–water partition coefficient (Wildman–Crippen LogP) is 2.32. The largest absolute Gasteiger partial charge is 0.397 e. The molecule has 106 valence electrons. The van der Waals surface area contributed by atoms with Gasteiger partial charge in [-0.2, -0.15) is 0 Å². The molecule has 4 nitrogen and oxygen atoms in total. The van der Waals surface area contributed by atoms with E-state index in [0.717, 1.165) is 6.54 Å². The van der Waals surface area contributed by atoms with Crippen molar-refractivity contribution < 1.29 is 9.18 Å². The SMILES string of the molecule is CC(C)CN(C)C(C)C(=O)Nc1ccc(F)cc1N. The maximum atomic E-state index is 12.9. The normalized spacial score (nSPS) is 12.8. The molecule has 19 heavy (non-hydrogen) atoms. The maximum absolute atomic E-state index is 12.9. The fourth-order valence-corrected chi connectivity index (χ4v) is 1.82. The monoisotopic (exact) mass is 267 g/mol. The van der Waals surface area contributed by atoms with Gasteiger partial charge in [0.1, 0.15) is 5.82 Å². The van der Waals surface area contributed by atoms with Gasteiger partial charge in [-0.05, 0) is 38.1 Å². The van der Waals surface area contributed by atoms with Crippen molar-refractivity contribution in [3.8, 4) is 0 Å². The number of amides is 1. The zero-order valence-electron chi connectivity index (χ0n) is 11.9. The van der Waals surface area contributed by atoms with Gasteiger partial charge in [-0.3, -0.25) is 9.69 Å². The molecule has 1 rings (SSSR count). The number of halogens is 1. The van der Waals surface area contributed by atoms with Gasteiger partial charge in [0.2, 0.25) is 5.91 Å². The first-order valence-corrected chi connectivity index (χ1v) is 6.37. The highest BCUT2D eigenvalue weighted by atomic mass is 19.1. The fraction of sp³-hybridized carbons (Fsp3) is 0.500. The van der Waals surface area contributed by atoms with Crippen LogP contribution in [0, 0.1) is 11.7 Å². The molecule has 0 radical (unpaired) electrons. The molecule has 5 heteroatoms. The molecule has 3 N–H and O–H groups in total. The van der Waals surface area contributed by atoms with E-state index in [1.54, 1.807) is 0 Å². The van der Waals surface area contributed by atoms with Gasteiger partial charge in [-0.1, -0.05) is 13.8 Å². The van der Waals surface area contributed by atoms with E-state index in [1.165, 1.54) is 18.2 Å². The molecule has 0 fully saturated rings. The molecule has 0 aromatic heterocycles. The first kappa shape index (κ1) is 15.4. The number of likely N-dealkylation sites (N-methyl/N-ethyl adjacent to an activating group) is 1. The van der Waals surface area contributed by atoms with E-state index in [4.69, 9.17) is 5.73 Å². The van der Waals surface area contributed by atoms with E-state index in [9.17, 15) is 9.18 Å². The van der Waals surface area contributed by atoms with E-state index >= 15 is 0 Å². The van der Waals surface area contributed by atoms with Gasteiger partial charge in [0.15, 0.2) is 0 Å². The Morgan fingerprint density at radius 3 is 2.58 bits per heavy atom. The molecule has 0 spiro atoms. The number of nitrogens with two attached hydrogens (primary N) is 1. The number of rotatable bonds is 5. The van der Waals surface area contributed by atoms with E-state index in [2.05, 4.69) is 19.2 Å². The van der Waals surface area contributed by atoms with Crippen molar-refractivity contribution in [2.75, 3.05) is 24.6 Å². The third-order valence-electron chi connectivity index (χ3n) is 2.97. The molecule has 0 aliphatic carbocycles. The Labute approximate surface area is 113 Å². The third kappa shape index (κ3) is 4.52. The molecule has 0 aliphatic rings. The lowest BCUT2D eigenvalue weighted by molar-refractivity contribution is -0.120. The van der Waals surface area contributed by atoms with Crippen molar-refractivity contribution in [2.24, 2.45) is 5.92 Å². The molecular weight excluding hydrogens is 245 g/mol.